The SMILES string of the molecule is COCCNc1ncc(-c2cnc(-n3c(CC(CN)=C(F)F)n[nH]c3=O)c(C)c2)cn1.O=C(O)C(F)(F)F. The number of hydrogen-bond donors (Lipinski definition) is 4. The van der Waals surface area contributed by atoms with Crippen LogP contribution < -0.4 is 16.7 Å². The number of carboxylic acid groups (broad SMARTS) is 1. The van der Waals surface area contributed by atoms with Crippen LogP contribution in [0.2, 0.25) is 0 Å². The Balaban J connectivity index is 0.000000638. The molecule has 3 aromatic heterocycles. The Kier molecular flexibility index (Phi) is 10.5. The van der Waals surface area contributed by atoms with E-state index in [0.29, 0.717) is 24.7 Å². The fourth-order valence-electron chi connectivity index (χ4n) is 2.87. The molecule has 3 rings (SSSR count). The molecule has 0 aliphatic carbocycles. The Morgan fingerprint density at radius 2 is 1.79 bits per heavy atom. The summed E-state index contributed by atoms with van der Waals surface area (Å²) in [5.74, 6) is -1.91. The van der Waals surface area contributed by atoms with E-state index in [1.807, 2.05) is 0 Å². The van der Waals surface area contributed by atoms with Crippen molar-refractivity contribution in [2.45, 2.75) is 19.5 Å². The summed E-state index contributed by atoms with van der Waals surface area (Å²) in [5, 5.41) is 16.3. The monoisotopic (exact) mass is 546 g/mol. The largest absolute Gasteiger partial charge is 0.490 e. The number of halogens is 5. The standard InChI is InChI=1S/C19H22F2N8O2.C2HF3O2/c1-11-5-13(14-9-25-18(26-10-14)23-3-4-31-2)8-24-17(11)29-15(27-28-19(29)30)6-12(7-22)16(20)21;3-2(4,5)1(6)7/h5,8-10H,3-4,6-7,22H2,1-2H3,(H,28,30)(H,23,25,26);(H,6,7). The number of nitrogens with two attached hydrogens (primary N) is 1. The molecule has 0 spiro atoms. The third-order valence-electron chi connectivity index (χ3n) is 4.71. The number of carboxylic acids is 1. The zero-order chi connectivity index (χ0) is 28.5. The summed E-state index contributed by atoms with van der Waals surface area (Å²) in [6.07, 6.45) is -2.39. The number of aromatic amines is 1. The molecule has 0 saturated carbocycles. The molecule has 0 radical (unpaired) electrons. The predicted molar refractivity (Wildman–Crippen MR) is 124 cm³/mol. The van der Waals surface area contributed by atoms with E-state index in [1.54, 1.807) is 38.7 Å². The highest BCUT2D eigenvalue weighted by molar-refractivity contribution is 5.73. The number of aliphatic carboxylic acids is 1. The van der Waals surface area contributed by atoms with Crippen LogP contribution in [0.1, 0.15) is 11.4 Å². The van der Waals surface area contributed by atoms with Gasteiger partial charge in [-0.1, -0.05) is 0 Å². The van der Waals surface area contributed by atoms with Crippen molar-refractivity contribution in [1.82, 2.24) is 29.7 Å². The lowest BCUT2D eigenvalue weighted by Crippen LogP contribution is -2.21. The van der Waals surface area contributed by atoms with Crippen LogP contribution in [0.5, 0.6) is 0 Å². The third-order valence-corrected chi connectivity index (χ3v) is 4.71. The maximum Gasteiger partial charge on any atom is 0.490 e. The number of alkyl halides is 3. The van der Waals surface area contributed by atoms with Gasteiger partial charge < -0.3 is 20.9 Å². The molecule has 0 bridgehead atoms. The van der Waals surface area contributed by atoms with Gasteiger partial charge in [-0.2, -0.15) is 27.1 Å². The van der Waals surface area contributed by atoms with Gasteiger partial charge in [0, 0.05) is 61.9 Å². The van der Waals surface area contributed by atoms with Crippen LogP contribution in [0.15, 0.2) is 41.1 Å². The molecule has 0 fully saturated rings. The second-order valence-corrected chi connectivity index (χ2v) is 7.41. The van der Waals surface area contributed by atoms with Crippen molar-refractivity contribution < 1.29 is 36.6 Å². The molecule has 0 amide bonds. The number of rotatable bonds is 9. The second kappa shape index (κ2) is 13.3. The topological polar surface area (TPSA) is 174 Å². The zero-order valence-corrected chi connectivity index (χ0v) is 20.0. The highest BCUT2D eigenvalue weighted by atomic mass is 19.4. The molecular weight excluding hydrogens is 523 g/mol. The summed E-state index contributed by atoms with van der Waals surface area (Å²) in [4.78, 5) is 34.0. The number of nitrogens with one attached hydrogen (secondary N) is 2. The molecule has 38 heavy (non-hydrogen) atoms. The van der Waals surface area contributed by atoms with Gasteiger partial charge in [-0.3, -0.25) is 0 Å². The Labute approximate surface area is 211 Å². The van der Waals surface area contributed by atoms with E-state index >= 15 is 0 Å². The molecule has 0 aromatic carbocycles. The fraction of sp³-hybridized carbons (Fsp3) is 0.333. The lowest BCUT2D eigenvalue weighted by Gasteiger charge is -2.11. The van der Waals surface area contributed by atoms with Crippen LogP contribution in [0.25, 0.3) is 16.9 Å². The van der Waals surface area contributed by atoms with Crippen molar-refractivity contribution >= 4 is 11.9 Å². The molecule has 0 unspecified atom stereocenters. The molecule has 3 aromatic rings. The quantitative estimate of drug-likeness (QED) is 0.230. The summed E-state index contributed by atoms with van der Waals surface area (Å²) in [5.41, 5.74) is 6.60. The number of methoxy groups -OCH3 is 1. The van der Waals surface area contributed by atoms with Gasteiger partial charge in [0.2, 0.25) is 5.95 Å². The molecule has 5 N–H and O–H groups in total. The fourth-order valence-corrected chi connectivity index (χ4v) is 2.87. The molecule has 0 aliphatic heterocycles. The molecular formula is C21H23F5N8O4. The van der Waals surface area contributed by atoms with Crippen molar-refractivity contribution in [3.8, 4) is 16.9 Å². The van der Waals surface area contributed by atoms with E-state index in [-0.39, 0.29) is 30.2 Å². The number of anilines is 1. The minimum Gasteiger partial charge on any atom is -0.475 e. The lowest BCUT2D eigenvalue weighted by molar-refractivity contribution is -0.192. The molecule has 0 saturated heterocycles. The average Bonchev–Trinajstić information content (AvgIpc) is 3.22. The van der Waals surface area contributed by atoms with Crippen molar-refractivity contribution in [2.24, 2.45) is 5.73 Å². The van der Waals surface area contributed by atoms with Crippen LogP contribution in [0.4, 0.5) is 27.9 Å². The normalized spacial score (nSPS) is 10.9. The molecule has 206 valence electrons. The van der Waals surface area contributed by atoms with Crippen molar-refractivity contribution in [3.05, 3.63) is 58.2 Å². The summed E-state index contributed by atoms with van der Waals surface area (Å²) >= 11 is 0. The number of aryl methyl sites for hydroxylation is 1. The highest BCUT2D eigenvalue weighted by Gasteiger charge is 2.38. The number of carbonyl (C=O) groups is 1. The van der Waals surface area contributed by atoms with E-state index in [1.165, 1.54) is 0 Å². The molecule has 0 atom stereocenters. The minimum absolute atomic E-state index is 0.0939. The summed E-state index contributed by atoms with van der Waals surface area (Å²) in [7, 11) is 1.61. The number of aromatic nitrogens is 6. The Morgan fingerprint density at radius 3 is 2.29 bits per heavy atom. The summed E-state index contributed by atoms with van der Waals surface area (Å²) < 4.78 is 63.9. The average molecular weight is 546 g/mol. The van der Waals surface area contributed by atoms with Crippen LogP contribution in [-0.4, -0.2) is 73.8 Å². The van der Waals surface area contributed by atoms with Crippen LogP contribution >= 0.6 is 0 Å². The molecule has 0 aliphatic rings. The summed E-state index contributed by atoms with van der Waals surface area (Å²) in [6.45, 7) is 2.53. The summed E-state index contributed by atoms with van der Waals surface area (Å²) in [6, 6.07) is 1.80. The number of ether oxygens (including phenoxy) is 1. The first-order chi connectivity index (χ1) is 17.9. The molecule has 12 nitrogen and oxygen atoms in total. The van der Waals surface area contributed by atoms with Gasteiger partial charge in [0.15, 0.2) is 0 Å². The van der Waals surface area contributed by atoms with E-state index in [9.17, 15) is 26.7 Å². The van der Waals surface area contributed by atoms with Crippen LogP contribution in [-0.2, 0) is 16.0 Å². The number of hydrogen-bond acceptors (Lipinski definition) is 9. The Bertz CT molecular complexity index is 1320. The van der Waals surface area contributed by atoms with E-state index in [4.69, 9.17) is 20.4 Å². The van der Waals surface area contributed by atoms with Gasteiger partial charge in [-0.25, -0.2) is 34.2 Å². The highest BCUT2D eigenvalue weighted by Crippen LogP contribution is 2.22. The predicted octanol–water partition coefficient (Wildman–Crippen LogP) is 2.06. The lowest BCUT2D eigenvalue weighted by atomic mass is 10.1. The third kappa shape index (κ3) is 8.13. The maximum atomic E-state index is 13.0. The van der Waals surface area contributed by atoms with Gasteiger partial charge in [-0.15, -0.1) is 0 Å². The van der Waals surface area contributed by atoms with E-state index < -0.39 is 23.9 Å². The van der Waals surface area contributed by atoms with E-state index in [0.717, 1.165) is 15.7 Å². The number of nitrogens with zero attached hydrogens (tertiary/aromatic N) is 5. The van der Waals surface area contributed by atoms with Gasteiger partial charge in [-0.05, 0) is 18.6 Å². The molecule has 17 heteroatoms. The van der Waals surface area contributed by atoms with Crippen molar-refractivity contribution in [1.29, 1.82) is 0 Å². The Hall–Kier alpha value is -4.25. The van der Waals surface area contributed by atoms with Gasteiger partial charge in [0.05, 0.1) is 6.61 Å². The maximum absolute atomic E-state index is 13.0. The van der Waals surface area contributed by atoms with Gasteiger partial charge in [0.25, 0.3) is 6.08 Å². The number of H-pyrrole nitrogens is 1. The number of pyridine rings is 1. The Morgan fingerprint density at radius 1 is 1.18 bits per heavy atom. The smallest absolute Gasteiger partial charge is 0.475 e. The first-order valence-electron chi connectivity index (χ1n) is 10.6. The molecule has 3 heterocycles. The van der Waals surface area contributed by atoms with Crippen LogP contribution in [0, 0.1) is 6.92 Å². The first kappa shape index (κ1) is 30.0. The van der Waals surface area contributed by atoms with Crippen molar-refractivity contribution in [3.63, 3.8) is 0 Å². The van der Waals surface area contributed by atoms with Gasteiger partial charge >= 0.3 is 17.8 Å². The van der Waals surface area contributed by atoms with Gasteiger partial charge in [0.1, 0.15) is 11.6 Å². The van der Waals surface area contributed by atoms with E-state index in [2.05, 4.69) is 30.5 Å². The first-order valence-corrected chi connectivity index (χ1v) is 10.6. The van der Waals surface area contributed by atoms with Crippen LogP contribution in [0.3, 0.4) is 0 Å². The minimum atomic E-state index is -5.08. The van der Waals surface area contributed by atoms with Crippen molar-refractivity contribution in [2.75, 3.05) is 32.1 Å². The zero-order valence-electron chi connectivity index (χ0n) is 20.0. The second-order valence-electron chi connectivity index (χ2n) is 7.41.